The van der Waals surface area contributed by atoms with Crippen molar-refractivity contribution in [1.29, 1.82) is 0 Å². The average Bonchev–Trinajstić information content (AvgIpc) is 2.90. The molecule has 3 heterocycles. The van der Waals surface area contributed by atoms with Gasteiger partial charge in [0, 0.05) is 30.2 Å². The Kier molecular flexibility index (Phi) is 8.46. The van der Waals surface area contributed by atoms with Gasteiger partial charge in [-0.3, -0.25) is 24.4 Å². The lowest BCUT2D eigenvalue weighted by Gasteiger charge is -2.35. The first-order valence-electron chi connectivity index (χ1n) is 13.2. The number of amides is 2. The van der Waals surface area contributed by atoms with Crippen LogP contribution in [0.4, 0.5) is 0 Å². The minimum Gasteiger partial charge on any atom is -0.457 e. The molecular formula is C29H37N5O4. The highest BCUT2D eigenvalue weighted by molar-refractivity contribution is 5.90. The molecule has 0 radical (unpaired) electrons. The lowest BCUT2D eigenvalue weighted by molar-refractivity contribution is -0.157. The van der Waals surface area contributed by atoms with Gasteiger partial charge in [-0.2, -0.15) is 0 Å². The first kappa shape index (κ1) is 27.3. The molecule has 9 nitrogen and oxygen atoms in total. The van der Waals surface area contributed by atoms with Gasteiger partial charge in [0.15, 0.2) is 0 Å². The van der Waals surface area contributed by atoms with Crippen LogP contribution < -0.4 is 16.1 Å². The summed E-state index contributed by atoms with van der Waals surface area (Å²) in [6.07, 6.45) is 6.91. The number of ether oxygens (including phenoxy) is 1. The zero-order chi connectivity index (χ0) is 27.4. The molecule has 0 unspecified atom stereocenters. The standard InChI is InChI=1S/C29H37N5O4/c1-17(2)26-27(35)32-19(4)28(36)34-13-7-10-25(33-34)29(37)38-20(5)21-11-12-22-16-30-24(15-23(22)14-21)9-6-8-18(3)31-26/h6,9,11-12,14-17,19-20,25-26,31,33H,3,7-8,10,13H2,1-2,4-5H3,(H,32,35)/b9-6+/t19-,20+,25-,26-/m0/s1. The second-order valence-electron chi connectivity index (χ2n) is 10.4. The van der Waals surface area contributed by atoms with Gasteiger partial charge in [0.1, 0.15) is 24.2 Å². The highest BCUT2D eigenvalue weighted by Crippen LogP contribution is 2.24. The maximum absolute atomic E-state index is 13.1. The third-order valence-electron chi connectivity index (χ3n) is 6.96. The predicted octanol–water partition coefficient (Wildman–Crippen LogP) is 3.38. The normalized spacial score (nSPS) is 26.6. The van der Waals surface area contributed by atoms with E-state index in [-0.39, 0.29) is 17.7 Å². The summed E-state index contributed by atoms with van der Waals surface area (Å²) in [4.78, 5) is 43.8. The van der Waals surface area contributed by atoms with Gasteiger partial charge < -0.3 is 15.4 Å². The Morgan fingerprint density at radius 1 is 1.11 bits per heavy atom. The van der Waals surface area contributed by atoms with Gasteiger partial charge >= 0.3 is 5.97 Å². The van der Waals surface area contributed by atoms with Crippen molar-refractivity contribution in [2.24, 2.45) is 5.92 Å². The van der Waals surface area contributed by atoms with Crippen molar-refractivity contribution in [1.82, 2.24) is 26.1 Å². The van der Waals surface area contributed by atoms with Crippen LogP contribution in [0.3, 0.4) is 0 Å². The van der Waals surface area contributed by atoms with Crippen LogP contribution in [0.15, 0.2) is 48.8 Å². The van der Waals surface area contributed by atoms with Crippen molar-refractivity contribution >= 4 is 34.6 Å². The van der Waals surface area contributed by atoms with Crippen molar-refractivity contribution in [3.63, 3.8) is 0 Å². The molecule has 4 rings (SSSR count). The Hall–Kier alpha value is -3.72. The van der Waals surface area contributed by atoms with Crippen LogP contribution in [0.5, 0.6) is 0 Å². The molecule has 4 atom stereocenters. The van der Waals surface area contributed by atoms with E-state index in [0.717, 1.165) is 22.0 Å². The van der Waals surface area contributed by atoms with E-state index in [1.54, 1.807) is 6.92 Å². The highest BCUT2D eigenvalue weighted by atomic mass is 16.5. The first-order valence-corrected chi connectivity index (χ1v) is 13.2. The second-order valence-corrected chi connectivity index (χ2v) is 10.4. The quantitative estimate of drug-likeness (QED) is 0.495. The highest BCUT2D eigenvalue weighted by Gasteiger charge is 2.33. The van der Waals surface area contributed by atoms with Gasteiger partial charge in [0.05, 0.1) is 5.69 Å². The summed E-state index contributed by atoms with van der Waals surface area (Å²) in [6, 6.07) is 5.90. The van der Waals surface area contributed by atoms with Gasteiger partial charge in [-0.05, 0) is 61.8 Å². The number of carbonyl (C=O) groups is 3. The molecule has 2 aliphatic heterocycles. The van der Waals surface area contributed by atoms with Gasteiger partial charge in [0.25, 0.3) is 5.91 Å². The summed E-state index contributed by atoms with van der Waals surface area (Å²) < 4.78 is 5.79. The number of nitrogens with one attached hydrogen (secondary N) is 3. The molecular weight excluding hydrogens is 482 g/mol. The van der Waals surface area contributed by atoms with Crippen molar-refractivity contribution in [2.75, 3.05) is 6.54 Å². The molecule has 2 aromatic rings. The third kappa shape index (κ3) is 6.39. The average molecular weight is 520 g/mol. The van der Waals surface area contributed by atoms with Crippen LogP contribution in [-0.2, 0) is 19.1 Å². The van der Waals surface area contributed by atoms with Crippen molar-refractivity contribution in [3.8, 4) is 0 Å². The predicted molar refractivity (Wildman–Crippen MR) is 146 cm³/mol. The molecule has 3 N–H and O–H groups in total. The molecule has 2 aliphatic rings. The number of nitrogens with zero attached hydrogens (tertiary/aromatic N) is 2. The minimum absolute atomic E-state index is 0.0368. The van der Waals surface area contributed by atoms with Gasteiger partial charge in [-0.25, -0.2) is 5.43 Å². The van der Waals surface area contributed by atoms with Crippen molar-refractivity contribution in [2.45, 2.75) is 71.2 Å². The summed E-state index contributed by atoms with van der Waals surface area (Å²) in [5, 5.41) is 9.43. The monoisotopic (exact) mass is 519 g/mol. The second kappa shape index (κ2) is 11.8. The van der Waals surface area contributed by atoms with Gasteiger partial charge in [-0.1, -0.05) is 38.6 Å². The lowest BCUT2D eigenvalue weighted by atomic mass is 10.0. The van der Waals surface area contributed by atoms with Gasteiger partial charge in [0.2, 0.25) is 5.91 Å². The SMILES string of the molecule is C=C1C/C=C/c2cc3cc(ccc3cn2)[C@@H](C)OC(=O)[C@@H]2CCCN(N2)C(=O)[C@H](C)NC(=O)[C@H](C(C)C)N1. The van der Waals surface area contributed by atoms with Gasteiger partial charge in [-0.15, -0.1) is 0 Å². The fourth-order valence-corrected chi connectivity index (χ4v) is 4.69. The van der Waals surface area contributed by atoms with Crippen molar-refractivity contribution in [3.05, 3.63) is 60.1 Å². The molecule has 202 valence electrons. The molecule has 2 amide bonds. The number of hydrazine groups is 1. The molecule has 1 fully saturated rings. The fourth-order valence-electron chi connectivity index (χ4n) is 4.69. The van der Waals surface area contributed by atoms with Crippen LogP contribution in [0.2, 0.25) is 0 Å². The molecule has 1 aromatic carbocycles. The number of hydrogen-bond acceptors (Lipinski definition) is 7. The Labute approximate surface area is 223 Å². The van der Waals surface area contributed by atoms with E-state index < -0.39 is 30.2 Å². The zero-order valence-corrected chi connectivity index (χ0v) is 22.5. The Morgan fingerprint density at radius 2 is 1.89 bits per heavy atom. The van der Waals surface area contributed by atoms with Crippen LogP contribution >= 0.6 is 0 Å². The summed E-state index contributed by atoms with van der Waals surface area (Å²) in [5.41, 5.74) is 5.36. The summed E-state index contributed by atoms with van der Waals surface area (Å²) in [6.45, 7) is 11.9. The zero-order valence-electron chi connectivity index (χ0n) is 22.5. The molecule has 0 aliphatic carbocycles. The van der Waals surface area contributed by atoms with E-state index in [1.807, 2.05) is 63.4 Å². The molecule has 38 heavy (non-hydrogen) atoms. The molecule has 9 heteroatoms. The van der Waals surface area contributed by atoms with E-state index in [2.05, 4.69) is 27.6 Å². The number of benzene rings is 1. The summed E-state index contributed by atoms with van der Waals surface area (Å²) >= 11 is 0. The van der Waals surface area contributed by atoms with Crippen LogP contribution in [-0.4, -0.2) is 52.4 Å². The lowest BCUT2D eigenvalue weighted by Crippen LogP contribution is -2.60. The first-order chi connectivity index (χ1) is 18.1. The number of carbonyl (C=O) groups excluding carboxylic acids is 3. The van der Waals surface area contributed by atoms with Crippen LogP contribution in [0.25, 0.3) is 16.8 Å². The Morgan fingerprint density at radius 3 is 2.66 bits per heavy atom. The van der Waals surface area contributed by atoms with Crippen LogP contribution in [0.1, 0.15) is 64.3 Å². The maximum atomic E-state index is 13.1. The number of rotatable bonds is 1. The fraction of sp³-hybridized carbons (Fsp3) is 0.448. The van der Waals surface area contributed by atoms with Crippen LogP contribution in [0, 0.1) is 5.92 Å². The molecule has 0 spiro atoms. The Bertz CT molecular complexity index is 1260. The number of fused-ring (bicyclic) bond motifs is 4. The smallest absolute Gasteiger partial charge is 0.325 e. The molecule has 1 saturated heterocycles. The molecule has 0 saturated carbocycles. The third-order valence-corrected chi connectivity index (χ3v) is 6.96. The van der Waals surface area contributed by atoms with Crippen molar-refractivity contribution < 1.29 is 19.1 Å². The summed E-state index contributed by atoms with van der Waals surface area (Å²) in [7, 11) is 0. The number of hydrogen-bond donors (Lipinski definition) is 3. The van der Waals surface area contributed by atoms with E-state index in [0.29, 0.717) is 31.5 Å². The number of pyridine rings is 1. The summed E-state index contributed by atoms with van der Waals surface area (Å²) in [5.74, 6) is -1.05. The largest absolute Gasteiger partial charge is 0.457 e. The van der Waals surface area contributed by atoms with E-state index >= 15 is 0 Å². The number of cyclic esters (lactones) is 1. The number of aromatic nitrogens is 1. The van der Waals surface area contributed by atoms with E-state index in [4.69, 9.17) is 4.74 Å². The topological polar surface area (TPSA) is 113 Å². The molecule has 1 aromatic heterocycles. The van der Waals surface area contributed by atoms with E-state index in [9.17, 15) is 14.4 Å². The molecule has 5 bridgehead atoms. The number of allylic oxidation sites excluding steroid dienone is 1. The van der Waals surface area contributed by atoms with E-state index in [1.165, 1.54) is 5.01 Å². The maximum Gasteiger partial charge on any atom is 0.325 e. The minimum atomic E-state index is -0.780. The number of esters is 1. The Balaban J connectivity index is 1.64.